The van der Waals surface area contributed by atoms with E-state index in [0.29, 0.717) is 47.9 Å². The first-order chi connectivity index (χ1) is 21.3. The van der Waals surface area contributed by atoms with Crippen LogP contribution in [0, 0.1) is 13.8 Å². The van der Waals surface area contributed by atoms with Gasteiger partial charge >= 0.3 is 0 Å². The van der Waals surface area contributed by atoms with Crippen molar-refractivity contribution in [1.82, 2.24) is 15.3 Å². The van der Waals surface area contributed by atoms with Crippen LogP contribution >= 0.6 is 0 Å². The van der Waals surface area contributed by atoms with E-state index in [2.05, 4.69) is 32.5 Å². The van der Waals surface area contributed by atoms with Crippen LogP contribution < -0.4 is 25.4 Å². The quantitative estimate of drug-likeness (QED) is 0.151. The molecule has 228 valence electrons. The molecule has 0 aliphatic heterocycles. The molecule has 0 bridgehead atoms. The number of benzene rings is 2. The molecule has 0 fully saturated rings. The molecule has 2 aromatic heterocycles. The van der Waals surface area contributed by atoms with Gasteiger partial charge in [0.05, 0.1) is 14.2 Å². The van der Waals surface area contributed by atoms with Gasteiger partial charge in [-0.3, -0.25) is 19.6 Å². The van der Waals surface area contributed by atoms with E-state index >= 15 is 0 Å². The van der Waals surface area contributed by atoms with Crippen LogP contribution in [0.4, 0.5) is 11.4 Å². The van der Waals surface area contributed by atoms with E-state index in [-0.39, 0.29) is 29.8 Å². The molecule has 10 nitrogen and oxygen atoms in total. The van der Waals surface area contributed by atoms with Crippen LogP contribution in [-0.2, 0) is 6.54 Å². The van der Waals surface area contributed by atoms with Crippen molar-refractivity contribution in [3.63, 3.8) is 0 Å². The predicted molar refractivity (Wildman–Crippen MR) is 172 cm³/mol. The average Bonchev–Trinajstić information content (AvgIpc) is 3.04. The first-order valence-electron chi connectivity index (χ1n) is 14.1. The molecule has 2 heterocycles. The fourth-order valence-electron chi connectivity index (χ4n) is 4.74. The Kier molecular flexibility index (Phi) is 10.8. The lowest BCUT2D eigenvalue weighted by atomic mass is 9.94. The Balaban J connectivity index is 1.54. The lowest BCUT2D eigenvalue weighted by Crippen LogP contribution is -2.18. The Morgan fingerprint density at radius 2 is 1.41 bits per heavy atom. The highest BCUT2D eigenvalue weighted by Crippen LogP contribution is 2.34. The van der Waals surface area contributed by atoms with Gasteiger partial charge in [-0.25, -0.2) is 0 Å². The van der Waals surface area contributed by atoms with Crippen LogP contribution in [0.15, 0.2) is 67.5 Å². The zero-order chi connectivity index (χ0) is 31.6. The molecule has 0 atom stereocenters. The van der Waals surface area contributed by atoms with Crippen molar-refractivity contribution in [1.29, 1.82) is 0 Å². The van der Waals surface area contributed by atoms with Crippen molar-refractivity contribution in [3.05, 3.63) is 101 Å². The molecule has 0 unspecified atom stereocenters. The summed E-state index contributed by atoms with van der Waals surface area (Å²) in [4.78, 5) is 34.9. The number of nitrogens with zero attached hydrogens (tertiary/aromatic N) is 2. The lowest BCUT2D eigenvalue weighted by molar-refractivity contribution is 0.101. The number of carbonyl (C=O) groups is 2. The Bertz CT molecular complexity index is 1670. The highest BCUT2D eigenvalue weighted by Gasteiger charge is 2.17. The average molecular weight is 596 g/mol. The number of aliphatic hydroxyl groups is 1. The molecule has 0 spiro atoms. The highest BCUT2D eigenvalue weighted by molar-refractivity contribution is 6.05. The Morgan fingerprint density at radius 3 is 1.93 bits per heavy atom. The van der Waals surface area contributed by atoms with E-state index in [1.54, 1.807) is 37.7 Å². The van der Waals surface area contributed by atoms with Gasteiger partial charge in [0, 0.05) is 60.2 Å². The number of ether oxygens (including phenoxy) is 2. The van der Waals surface area contributed by atoms with E-state index in [1.807, 2.05) is 50.2 Å². The van der Waals surface area contributed by atoms with Crippen LogP contribution in [0.3, 0.4) is 0 Å². The smallest absolute Gasteiger partial charge is 0.274 e. The number of methoxy groups -OCH3 is 2. The number of hydrogen-bond acceptors (Lipinski definition) is 8. The number of aliphatic hydroxyl groups excluding tert-OH is 1. The van der Waals surface area contributed by atoms with E-state index in [9.17, 15) is 9.59 Å². The van der Waals surface area contributed by atoms with E-state index in [0.717, 1.165) is 27.8 Å². The summed E-state index contributed by atoms with van der Waals surface area (Å²) < 4.78 is 10.8. The van der Waals surface area contributed by atoms with Crippen molar-refractivity contribution in [2.75, 3.05) is 38.0 Å². The van der Waals surface area contributed by atoms with Gasteiger partial charge in [0.2, 0.25) is 0 Å². The number of aromatic nitrogens is 2. The molecule has 0 saturated heterocycles. The SMILES string of the molecule is C=Cc1cnc(C(=O)Nc2cccc(-c3cccc(NC(=O)c4cc(OC)c(CNCCCO)cn4)c3C)c2C)cc1OC. The number of carbonyl (C=O) groups excluding carboxylic acids is 2. The molecule has 0 aliphatic rings. The summed E-state index contributed by atoms with van der Waals surface area (Å²) in [6.45, 7) is 8.88. The Hall–Kier alpha value is -5.06. The number of nitrogens with one attached hydrogen (secondary N) is 3. The van der Waals surface area contributed by atoms with Crippen molar-refractivity contribution in [2.24, 2.45) is 0 Å². The standard InChI is InChI=1S/C34H37N5O5/c1-6-23-19-36-29(16-31(23)43-4)33(41)38-27-12-7-10-25(21(27)2)26-11-8-13-28(22(26)3)39-34(42)30-17-32(44-5)24(20-37-30)18-35-14-9-15-40/h6-8,10-13,16-17,19-20,35,40H,1,9,14-15,18H2,2-5H3,(H,38,41)(H,39,42). The van der Waals surface area contributed by atoms with Gasteiger partial charge in [-0.1, -0.05) is 36.9 Å². The van der Waals surface area contributed by atoms with Crippen molar-refractivity contribution in [3.8, 4) is 22.6 Å². The first kappa shape index (κ1) is 31.9. The minimum Gasteiger partial charge on any atom is -0.496 e. The molecule has 10 heteroatoms. The third kappa shape index (κ3) is 7.28. The minimum absolute atomic E-state index is 0.114. The third-order valence-corrected chi connectivity index (χ3v) is 7.25. The molecule has 44 heavy (non-hydrogen) atoms. The topological polar surface area (TPSA) is 135 Å². The van der Waals surface area contributed by atoms with Crippen molar-refractivity contribution in [2.45, 2.75) is 26.8 Å². The number of amides is 2. The zero-order valence-electron chi connectivity index (χ0n) is 25.4. The molecule has 4 N–H and O–H groups in total. The van der Waals surface area contributed by atoms with Crippen LogP contribution in [0.2, 0.25) is 0 Å². The third-order valence-electron chi connectivity index (χ3n) is 7.25. The lowest BCUT2D eigenvalue weighted by Gasteiger charge is -2.17. The second-order valence-electron chi connectivity index (χ2n) is 10.0. The van der Waals surface area contributed by atoms with Crippen molar-refractivity contribution >= 4 is 29.3 Å². The van der Waals surface area contributed by atoms with Gasteiger partial charge in [0.25, 0.3) is 11.8 Å². The van der Waals surface area contributed by atoms with Crippen LogP contribution in [-0.4, -0.2) is 54.3 Å². The number of anilines is 2. The summed E-state index contributed by atoms with van der Waals surface area (Å²) in [6, 6.07) is 14.5. The largest absolute Gasteiger partial charge is 0.496 e. The molecule has 2 aromatic carbocycles. The van der Waals surface area contributed by atoms with Gasteiger partial charge in [0.1, 0.15) is 22.9 Å². The summed E-state index contributed by atoms with van der Waals surface area (Å²) in [5.74, 6) is 0.320. The van der Waals surface area contributed by atoms with Gasteiger partial charge < -0.3 is 30.5 Å². The van der Waals surface area contributed by atoms with Crippen LogP contribution in [0.5, 0.6) is 11.5 Å². The second-order valence-corrected chi connectivity index (χ2v) is 10.0. The number of rotatable bonds is 13. The Labute approximate surface area is 257 Å². The fourth-order valence-corrected chi connectivity index (χ4v) is 4.74. The number of pyridine rings is 2. The van der Waals surface area contributed by atoms with Gasteiger partial charge in [0.15, 0.2) is 0 Å². The molecule has 0 radical (unpaired) electrons. The first-order valence-corrected chi connectivity index (χ1v) is 14.1. The molecule has 0 saturated carbocycles. The summed E-state index contributed by atoms with van der Waals surface area (Å²) in [5, 5.41) is 18.1. The zero-order valence-corrected chi connectivity index (χ0v) is 25.4. The second kappa shape index (κ2) is 14.9. The van der Waals surface area contributed by atoms with Crippen molar-refractivity contribution < 1.29 is 24.2 Å². The van der Waals surface area contributed by atoms with Gasteiger partial charge in [-0.05, 0) is 61.2 Å². The maximum Gasteiger partial charge on any atom is 0.274 e. The minimum atomic E-state index is -0.369. The summed E-state index contributed by atoms with van der Waals surface area (Å²) in [6.07, 6.45) is 5.42. The fraction of sp³-hybridized carbons (Fsp3) is 0.235. The molecule has 4 aromatic rings. The van der Waals surface area contributed by atoms with Crippen LogP contribution in [0.1, 0.15) is 49.7 Å². The summed E-state index contributed by atoms with van der Waals surface area (Å²) in [5.41, 5.74) is 6.74. The molecule has 2 amide bonds. The van der Waals surface area contributed by atoms with Gasteiger partial charge in [-0.2, -0.15) is 0 Å². The Morgan fingerprint density at radius 1 is 0.864 bits per heavy atom. The maximum absolute atomic E-state index is 13.2. The normalized spacial score (nSPS) is 10.7. The van der Waals surface area contributed by atoms with Gasteiger partial charge in [-0.15, -0.1) is 0 Å². The van der Waals surface area contributed by atoms with E-state index < -0.39 is 0 Å². The number of hydrogen-bond donors (Lipinski definition) is 4. The predicted octanol–water partition coefficient (Wildman–Crippen LogP) is 5.40. The van der Waals surface area contributed by atoms with E-state index in [4.69, 9.17) is 14.6 Å². The molecule has 4 rings (SSSR count). The van der Waals surface area contributed by atoms with Crippen LogP contribution in [0.25, 0.3) is 17.2 Å². The maximum atomic E-state index is 13.2. The van der Waals surface area contributed by atoms with E-state index in [1.165, 1.54) is 7.11 Å². The molecular formula is C34H37N5O5. The highest BCUT2D eigenvalue weighted by atomic mass is 16.5. The molecule has 0 aliphatic carbocycles. The monoisotopic (exact) mass is 595 g/mol. The molecular weight excluding hydrogens is 558 g/mol. The summed E-state index contributed by atoms with van der Waals surface area (Å²) >= 11 is 0. The summed E-state index contributed by atoms with van der Waals surface area (Å²) in [7, 11) is 3.08.